The van der Waals surface area contributed by atoms with Crippen molar-refractivity contribution in [1.82, 2.24) is 0 Å². The zero-order valence-electron chi connectivity index (χ0n) is 11.8. The highest BCUT2D eigenvalue weighted by Gasteiger charge is 2.42. The Kier molecular flexibility index (Phi) is 3.52. The third-order valence-electron chi connectivity index (χ3n) is 3.44. The summed E-state index contributed by atoms with van der Waals surface area (Å²) in [5, 5.41) is 0. The average Bonchev–Trinajstić information content (AvgIpc) is 2.74. The molecule has 1 rings (SSSR count). The molecule has 0 aromatic carbocycles. The number of rotatable bonds is 3. The van der Waals surface area contributed by atoms with Gasteiger partial charge in [0.25, 0.3) is 0 Å². The predicted octanol–water partition coefficient (Wildman–Crippen LogP) is 5.28. The van der Waals surface area contributed by atoms with Gasteiger partial charge in [-0.3, -0.25) is 0 Å². The van der Waals surface area contributed by atoms with Crippen LogP contribution in [0, 0.1) is 10.8 Å². The van der Waals surface area contributed by atoms with Crippen LogP contribution in [0.15, 0.2) is 35.5 Å². The van der Waals surface area contributed by atoms with Crippen LogP contribution in [0.25, 0.3) is 0 Å². The van der Waals surface area contributed by atoms with Gasteiger partial charge in [-0.2, -0.15) is 0 Å². The van der Waals surface area contributed by atoms with Gasteiger partial charge in [0.2, 0.25) is 0 Å². The number of hydrogen-bond donors (Lipinski definition) is 0. The highest BCUT2D eigenvalue weighted by atomic mass is 14.5. The molecule has 16 heavy (non-hydrogen) atoms. The van der Waals surface area contributed by atoms with Crippen molar-refractivity contribution in [2.45, 2.75) is 54.4 Å². The van der Waals surface area contributed by atoms with Crippen LogP contribution in [0.2, 0.25) is 0 Å². The van der Waals surface area contributed by atoms with E-state index >= 15 is 0 Å². The molecule has 0 unspecified atom stereocenters. The molecule has 0 radical (unpaired) electrons. The summed E-state index contributed by atoms with van der Waals surface area (Å²) in [6.45, 7) is 17.7. The first-order chi connectivity index (χ1) is 7.22. The summed E-state index contributed by atoms with van der Waals surface area (Å²) in [5.41, 5.74) is 5.17. The first-order valence-electron chi connectivity index (χ1n) is 6.29. The van der Waals surface area contributed by atoms with Crippen molar-refractivity contribution >= 4 is 0 Å². The minimum atomic E-state index is 0.243. The highest BCUT2D eigenvalue weighted by molar-refractivity contribution is 5.45. The molecule has 1 aliphatic rings. The van der Waals surface area contributed by atoms with E-state index in [1.165, 1.54) is 17.6 Å². The lowest BCUT2D eigenvalue weighted by Crippen LogP contribution is -2.09. The van der Waals surface area contributed by atoms with Gasteiger partial charge in [-0.05, 0) is 34.8 Å². The summed E-state index contributed by atoms with van der Waals surface area (Å²) in [5.74, 6) is 0. The van der Waals surface area contributed by atoms with Crippen LogP contribution < -0.4 is 0 Å². The third-order valence-corrected chi connectivity index (χ3v) is 3.44. The Morgan fingerprint density at radius 3 is 2.12 bits per heavy atom. The van der Waals surface area contributed by atoms with Crippen molar-refractivity contribution in [3.63, 3.8) is 0 Å². The maximum atomic E-state index is 3.89. The van der Waals surface area contributed by atoms with Gasteiger partial charge in [-0.25, -0.2) is 0 Å². The molecular formula is C16H26. The molecule has 1 fully saturated rings. The van der Waals surface area contributed by atoms with Crippen LogP contribution in [0.3, 0.4) is 0 Å². The molecule has 0 atom stereocenters. The largest absolute Gasteiger partial charge is 0.0988 e. The van der Waals surface area contributed by atoms with Crippen molar-refractivity contribution in [2.75, 3.05) is 0 Å². The maximum Gasteiger partial charge on any atom is -0.0101 e. The molecule has 0 bridgehead atoms. The third kappa shape index (κ3) is 2.87. The first kappa shape index (κ1) is 13.3. The van der Waals surface area contributed by atoms with E-state index in [0.717, 1.165) is 6.42 Å². The van der Waals surface area contributed by atoms with E-state index in [-0.39, 0.29) is 5.41 Å². The molecule has 0 aromatic heterocycles. The lowest BCUT2D eigenvalue weighted by Gasteiger charge is -2.22. The molecule has 0 spiro atoms. The van der Waals surface area contributed by atoms with E-state index in [9.17, 15) is 0 Å². The summed E-state index contributed by atoms with van der Waals surface area (Å²) in [7, 11) is 0. The van der Waals surface area contributed by atoms with Crippen LogP contribution in [0.5, 0.6) is 0 Å². The fourth-order valence-electron chi connectivity index (χ4n) is 2.10. The van der Waals surface area contributed by atoms with Crippen molar-refractivity contribution in [2.24, 2.45) is 10.8 Å². The van der Waals surface area contributed by atoms with Gasteiger partial charge in [0.15, 0.2) is 0 Å². The molecule has 0 aromatic rings. The average molecular weight is 218 g/mol. The Bertz CT molecular complexity index is 343. The van der Waals surface area contributed by atoms with Crippen molar-refractivity contribution < 1.29 is 0 Å². The van der Waals surface area contributed by atoms with Crippen LogP contribution in [-0.2, 0) is 0 Å². The SMILES string of the molecule is C=C/C(=C\C(=C1\CC1(C)C)C(C)(C)C)CC. The standard InChI is InChI=1S/C16H26/c1-8-12(9-2)10-13(15(3,4)5)14-11-16(14,6)7/h8,10H,1,9,11H2,2-7H3/b12-10+,14-13+. The monoisotopic (exact) mass is 218 g/mol. The summed E-state index contributed by atoms with van der Waals surface area (Å²) in [4.78, 5) is 0. The highest BCUT2D eigenvalue weighted by Crippen LogP contribution is 2.56. The van der Waals surface area contributed by atoms with E-state index in [1.54, 1.807) is 5.57 Å². The van der Waals surface area contributed by atoms with Gasteiger partial charge in [0, 0.05) is 0 Å². The molecule has 0 amide bonds. The van der Waals surface area contributed by atoms with Crippen molar-refractivity contribution in [1.29, 1.82) is 0 Å². The second kappa shape index (κ2) is 4.24. The van der Waals surface area contributed by atoms with Gasteiger partial charge in [0.05, 0.1) is 0 Å². The molecule has 0 saturated heterocycles. The number of allylic oxidation sites excluding steroid dienone is 5. The zero-order chi connectivity index (χ0) is 12.6. The normalized spacial score (nSPS) is 23.0. The van der Waals surface area contributed by atoms with Crippen molar-refractivity contribution in [3.8, 4) is 0 Å². The smallest absolute Gasteiger partial charge is 0.0101 e. The summed E-state index contributed by atoms with van der Waals surface area (Å²) < 4.78 is 0. The maximum absolute atomic E-state index is 3.89. The lowest BCUT2D eigenvalue weighted by molar-refractivity contribution is 0.510. The second-order valence-corrected chi connectivity index (χ2v) is 6.48. The molecule has 0 aliphatic heterocycles. The summed E-state index contributed by atoms with van der Waals surface area (Å²) in [6, 6.07) is 0. The van der Waals surface area contributed by atoms with Gasteiger partial charge in [0.1, 0.15) is 0 Å². The molecule has 90 valence electrons. The van der Waals surface area contributed by atoms with Crippen LogP contribution in [-0.4, -0.2) is 0 Å². The molecule has 0 nitrogen and oxygen atoms in total. The summed E-state index contributed by atoms with van der Waals surface area (Å²) >= 11 is 0. The van der Waals surface area contributed by atoms with Gasteiger partial charge in [-0.15, -0.1) is 0 Å². The quantitative estimate of drug-likeness (QED) is 0.565. The van der Waals surface area contributed by atoms with E-state index in [0.29, 0.717) is 5.41 Å². The van der Waals surface area contributed by atoms with Gasteiger partial charge in [-0.1, -0.05) is 65.8 Å². The van der Waals surface area contributed by atoms with Gasteiger partial charge < -0.3 is 0 Å². The molecular weight excluding hydrogens is 192 g/mol. The minimum absolute atomic E-state index is 0.243. The van der Waals surface area contributed by atoms with E-state index in [2.05, 4.69) is 54.2 Å². The van der Waals surface area contributed by atoms with E-state index < -0.39 is 0 Å². The minimum Gasteiger partial charge on any atom is -0.0988 e. The molecule has 0 heterocycles. The molecule has 0 heteroatoms. The van der Waals surface area contributed by atoms with E-state index in [4.69, 9.17) is 0 Å². The Morgan fingerprint density at radius 2 is 1.88 bits per heavy atom. The molecule has 0 N–H and O–H groups in total. The lowest BCUT2D eigenvalue weighted by atomic mass is 9.83. The Morgan fingerprint density at radius 1 is 1.38 bits per heavy atom. The van der Waals surface area contributed by atoms with Gasteiger partial charge >= 0.3 is 0 Å². The Balaban J connectivity index is 3.16. The van der Waals surface area contributed by atoms with Crippen LogP contribution >= 0.6 is 0 Å². The molecule has 1 saturated carbocycles. The zero-order valence-corrected chi connectivity index (χ0v) is 11.8. The Hall–Kier alpha value is -0.780. The van der Waals surface area contributed by atoms with Crippen molar-refractivity contribution in [3.05, 3.63) is 35.5 Å². The summed E-state index contributed by atoms with van der Waals surface area (Å²) in [6.07, 6.45) is 6.67. The Labute approximate surface area is 101 Å². The first-order valence-corrected chi connectivity index (χ1v) is 6.29. The topological polar surface area (TPSA) is 0 Å². The second-order valence-electron chi connectivity index (χ2n) is 6.48. The fourth-order valence-corrected chi connectivity index (χ4v) is 2.10. The predicted molar refractivity (Wildman–Crippen MR) is 73.5 cm³/mol. The number of hydrogen-bond acceptors (Lipinski definition) is 0. The molecule has 1 aliphatic carbocycles. The fraction of sp³-hybridized carbons (Fsp3) is 0.625. The van der Waals surface area contributed by atoms with Crippen LogP contribution in [0.1, 0.15) is 54.4 Å². The van der Waals surface area contributed by atoms with Crippen LogP contribution in [0.4, 0.5) is 0 Å². The van der Waals surface area contributed by atoms with E-state index in [1.807, 2.05) is 6.08 Å².